The minimum Gasteiger partial charge on any atom is -0.268 e. The summed E-state index contributed by atoms with van der Waals surface area (Å²) in [6, 6.07) is 13.2. The molecule has 1 aromatic heterocycles. The number of carbonyl (C=O) groups excluding carboxylic acids is 2. The zero-order valence-electron chi connectivity index (χ0n) is 12.0. The molecule has 2 aromatic rings. The van der Waals surface area contributed by atoms with Crippen LogP contribution in [-0.2, 0) is 11.3 Å². The fourth-order valence-electron chi connectivity index (χ4n) is 2.19. The van der Waals surface area contributed by atoms with Crippen molar-refractivity contribution in [1.29, 1.82) is 0 Å². The van der Waals surface area contributed by atoms with E-state index in [4.69, 9.17) is 0 Å². The number of benzene rings is 1. The fourth-order valence-corrected chi connectivity index (χ4v) is 3.01. The van der Waals surface area contributed by atoms with Gasteiger partial charge in [-0.3, -0.25) is 19.5 Å². The van der Waals surface area contributed by atoms with Crippen LogP contribution >= 0.6 is 11.8 Å². The Kier molecular flexibility index (Phi) is 4.06. The van der Waals surface area contributed by atoms with Crippen LogP contribution in [0.1, 0.15) is 16.8 Å². The first-order valence-corrected chi connectivity index (χ1v) is 7.68. The van der Waals surface area contributed by atoms with Gasteiger partial charge >= 0.3 is 0 Å². The molecule has 2 amide bonds. The van der Waals surface area contributed by atoms with Crippen molar-refractivity contribution in [2.75, 3.05) is 0 Å². The highest BCUT2D eigenvalue weighted by Gasteiger charge is 2.35. The molecule has 1 fully saturated rings. The summed E-state index contributed by atoms with van der Waals surface area (Å²) >= 11 is 0.960. The quantitative estimate of drug-likeness (QED) is 0.812. The number of carbonyl (C=O) groups is 2. The maximum atomic E-state index is 12.4. The summed E-state index contributed by atoms with van der Waals surface area (Å²) in [5, 5.41) is -0.240. The van der Waals surface area contributed by atoms with Crippen molar-refractivity contribution in [3.05, 3.63) is 70.4 Å². The number of amides is 2. The topological polar surface area (TPSA) is 50.3 Å². The molecular formula is C17H14N2O2S. The van der Waals surface area contributed by atoms with Gasteiger partial charge in [0.05, 0.1) is 17.1 Å². The molecular weight excluding hydrogens is 296 g/mol. The molecule has 2 heterocycles. The molecule has 0 atom stereocenters. The number of nitrogens with zero attached hydrogens (tertiary/aromatic N) is 2. The molecule has 0 unspecified atom stereocenters. The lowest BCUT2D eigenvalue weighted by Crippen LogP contribution is -2.27. The first-order valence-electron chi connectivity index (χ1n) is 6.86. The van der Waals surface area contributed by atoms with Gasteiger partial charge in [-0.1, -0.05) is 30.3 Å². The van der Waals surface area contributed by atoms with Gasteiger partial charge in [-0.15, -0.1) is 0 Å². The molecule has 4 nitrogen and oxygen atoms in total. The van der Waals surface area contributed by atoms with Crippen LogP contribution in [0.2, 0.25) is 0 Å². The summed E-state index contributed by atoms with van der Waals surface area (Å²) in [4.78, 5) is 30.4. The zero-order chi connectivity index (χ0) is 15.5. The number of thioether (sulfide) groups is 1. The van der Waals surface area contributed by atoms with Gasteiger partial charge in [0.2, 0.25) is 0 Å². The summed E-state index contributed by atoms with van der Waals surface area (Å²) in [6.45, 7) is 2.27. The van der Waals surface area contributed by atoms with Crippen molar-refractivity contribution >= 4 is 29.0 Å². The molecule has 0 radical (unpaired) electrons. The molecule has 0 saturated carbocycles. The van der Waals surface area contributed by atoms with E-state index in [1.807, 2.05) is 37.3 Å². The normalized spacial score (nSPS) is 16.6. The minimum atomic E-state index is -0.260. The molecule has 5 heteroatoms. The first-order chi connectivity index (χ1) is 10.6. The Morgan fingerprint density at radius 3 is 2.64 bits per heavy atom. The second-order valence-electron chi connectivity index (χ2n) is 4.95. The first kappa shape index (κ1) is 14.5. The van der Waals surface area contributed by atoms with Crippen molar-refractivity contribution < 1.29 is 9.59 Å². The van der Waals surface area contributed by atoms with Crippen LogP contribution in [0.5, 0.6) is 0 Å². The van der Waals surface area contributed by atoms with E-state index in [2.05, 4.69) is 4.98 Å². The van der Waals surface area contributed by atoms with Gasteiger partial charge in [0, 0.05) is 6.20 Å². The predicted octanol–water partition coefficient (Wildman–Crippen LogP) is 3.63. The van der Waals surface area contributed by atoms with Crippen molar-refractivity contribution in [3.63, 3.8) is 0 Å². The average molecular weight is 310 g/mol. The van der Waals surface area contributed by atoms with E-state index in [0.29, 0.717) is 17.1 Å². The number of aryl methyl sites for hydroxylation is 1. The summed E-state index contributed by atoms with van der Waals surface area (Å²) in [7, 11) is 0. The molecule has 0 spiro atoms. The predicted molar refractivity (Wildman–Crippen MR) is 86.9 cm³/mol. The molecule has 1 aliphatic heterocycles. The monoisotopic (exact) mass is 310 g/mol. The van der Waals surface area contributed by atoms with E-state index in [-0.39, 0.29) is 11.1 Å². The highest BCUT2D eigenvalue weighted by molar-refractivity contribution is 8.18. The van der Waals surface area contributed by atoms with E-state index in [1.165, 1.54) is 4.90 Å². The van der Waals surface area contributed by atoms with E-state index in [0.717, 1.165) is 22.9 Å². The van der Waals surface area contributed by atoms with Gasteiger partial charge in [-0.25, -0.2) is 0 Å². The lowest BCUT2D eigenvalue weighted by molar-refractivity contribution is -0.123. The van der Waals surface area contributed by atoms with Crippen LogP contribution in [0.15, 0.2) is 53.6 Å². The molecule has 1 aliphatic rings. The molecule has 110 valence electrons. The van der Waals surface area contributed by atoms with Crippen LogP contribution in [0.3, 0.4) is 0 Å². The third-order valence-electron chi connectivity index (χ3n) is 3.43. The lowest BCUT2D eigenvalue weighted by atomic mass is 10.1. The third kappa shape index (κ3) is 2.94. The third-order valence-corrected chi connectivity index (χ3v) is 4.34. The second-order valence-corrected chi connectivity index (χ2v) is 5.94. The molecule has 3 rings (SSSR count). The number of imide groups is 1. The largest absolute Gasteiger partial charge is 0.293 e. The van der Waals surface area contributed by atoms with Gasteiger partial charge in [-0.05, 0) is 48.0 Å². The molecule has 1 saturated heterocycles. The Labute approximate surface area is 132 Å². The number of rotatable bonds is 3. The zero-order valence-corrected chi connectivity index (χ0v) is 12.8. The summed E-state index contributed by atoms with van der Waals surface area (Å²) in [5.74, 6) is -0.260. The SMILES string of the molecule is Cc1ccccc1CN1C(=O)S/C(=C\c2ccccn2)C1=O. The highest BCUT2D eigenvalue weighted by Crippen LogP contribution is 2.33. The molecule has 1 aromatic carbocycles. The minimum absolute atomic E-state index is 0.240. The van der Waals surface area contributed by atoms with E-state index >= 15 is 0 Å². The van der Waals surface area contributed by atoms with Crippen LogP contribution in [0, 0.1) is 6.92 Å². The fraction of sp³-hybridized carbons (Fsp3) is 0.118. The molecule has 22 heavy (non-hydrogen) atoms. The number of pyridine rings is 1. The smallest absolute Gasteiger partial charge is 0.268 e. The summed E-state index contributed by atoms with van der Waals surface area (Å²) < 4.78 is 0. The Morgan fingerprint density at radius 1 is 1.14 bits per heavy atom. The van der Waals surface area contributed by atoms with Crippen molar-refractivity contribution in [1.82, 2.24) is 9.88 Å². The molecule has 0 bridgehead atoms. The number of hydrogen-bond donors (Lipinski definition) is 0. The van der Waals surface area contributed by atoms with Crippen LogP contribution in [0.4, 0.5) is 4.79 Å². The number of hydrogen-bond acceptors (Lipinski definition) is 4. The van der Waals surface area contributed by atoms with Gasteiger partial charge < -0.3 is 0 Å². The number of aromatic nitrogens is 1. The summed E-state index contributed by atoms with van der Waals surface area (Å²) in [6.07, 6.45) is 3.31. The average Bonchev–Trinajstić information content (AvgIpc) is 2.78. The van der Waals surface area contributed by atoms with Gasteiger partial charge in [0.25, 0.3) is 11.1 Å². The van der Waals surface area contributed by atoms with E-state index in [1.54, 1.807) is 24.4 Å². The Morgan fingerprint density at radius 2 is 1.91 bits per heavy atom. The van der Waals surface area contributed by atoms with Gasteiger partial charge in [-0.2, -0.15) is 0 Å². The van der Waals surface area contributed by atoms with E-state index < -0.39 is 0 Å². The molecule has 0 N–H and O–H groups in total. The van der Waals surface area contributed by atoms with Crippen molar-refractivity contribution in [2.45, 2.75) is 13.5 Å². The second kappa shape index (κ2) is 6.15. The highest BCUT2D eigenvalue weighted by atomic mass is 32.2. The van der Waals surface area contributed by atoms with Crippen LogP contribution < -0.4 is 0 Å². The maximum absolute atomic E-state index is 12.4. The maximum Gasteiger partial charge on any atom is 0.293 e. The van der Waals surface area contributed by atoms with Crippen LogP contribution in [0.25, 0.3) is 6.08 Å². The van der Waals surface area contributed by atoms with Crippen molar-refractivity contribution in [3.8, 4) is 0 Å². The lowest BCUT2D eigenvalue weighted by Gasteiger charge is -2.14. The van der Waals surface area contributed by atoms with Gasteiger partial charge in [0.1, 0.15) is 0 Å². The Balaban J connectivity index is 1.83. The summed E-state index contributed by atoms with van der Waals surface area (Å²) in [5.41, 5.74) is 2.71. The van der Waals surface area contributed by atoms with Crippen LogP contribution in [-0.4, -0.2) is 21.0 Å². The Bertz CT molecular complexity index is 756. The van der Waals surface area contributed by atoms with E-state index in [9.17, 15) is 9.59 Å². The van der Waals surface area contributed by atoms with Crippen molar-refractivity contribution in [2.24, 2.45) is 0 Å². The molecule has 0 aliphatic carbocycles. The standard InChI is InChI=1S/C17H14N2O2S/c1-12-6-2-3-7-13(12)11-19-16(20)15(22-17(19)21)10-14-8-4-5-9-18-14/h2-10H,11H2,1H3/b15-10-. The van der Waals surface area contributed by atoms with Gasteiger partial charge in [0.15, 0.2) is 0 Å². The Hall–Kier alpha value is -2.40.